The lowest BCUT2D eigenvalue weighted by atomic mass is 9.74. The predicted molar refractivity (Wildman–Crippen MR) is 42.1 cm³/mol. The summed E-state index contributed by atoms with van der Waals surface area (Å²) >= 11 is 0. The maximum absolute atomic E-state index is 11.0. The second-order valence-electron chi connectivity index (χ2n) is 3.61. The molecule has 0 bridgehead atoms. The van der Waals surface area contributed by atoms with Crippen LogP contribution < -0.4 is 0 Å². The Morgan fingerprint density at radius 2 is 1.73 bits per heavy atom. The second kappa shape index (κ2) is 3.16. The summed E-state index contributed by atoms with van der Waals surface area (Å²) in [5, 5.41) is 0. The van der Waals surface area contributed by atoms with Crippen LogP contribution in [-0.2, 0) is 9.59 Å². The van der Waals surface area contributed by atoms with Crippen LogP contribution >= 0.6 is 0 Å². The number of hydrogen-bond acceptors (Lipinski definition) is 2. The standard InChI is InChI=1S/C9H14O2/c1-6-3-8(11)4-7(2)9(6)5-10/h5-7,9H,3-4H2,1-2H3. The van der Waals surface area contributed by atoms with Crippen LogP contribution in [0.5, 0.6) is 0 Å². The van der Waals surface area contributed by atoms with E-state index in [1.165, 1.54) is 0 Å². The van der Waals surface area contributed by atoms with E-state index in [2.05, 4.69) is 0 Å². The molecule has 2 heteroatoms. The lowest BCUT2D eigenvalue weighted by Crippen LogP contribution is -2.30. The normalized spacial score (nSPS) is 38.7. The molecule has 62 valence electrons. The van der Waals surface area contributed by atoms with Crippen LogP contribution in [0.15, 0.2) is 0 Å². The number of carbonyl (C=O) groups is 2. The van der Waals surface area contributed by atoms with E-state index in [0.29, 0.717) is 18.6 Å². The third-order valence-corrected chi connectivity index (χ3v) is 2.57. The SMILES string of the molecule is CC1CC(=O)CC(C)C1C=O. The molecule has 1 aliphatic carbocycles. The average molecular weight is 154 g/mol. The van der Waals surface area contributed by atoms with Gasteiger partial charge in [-0.1, -0.05) is 13.8 Å². The number of carbonyl (C=O) groups excluding carboxylic acids is 2. The predicted octanol–water partition coefficient (Wildman–Crippen LogP) is 1.44. The fourth-order valence-electron chi connectivity index (χ4n) is 1.90. The number of ketones is 1. The van der Waals surface area contributed by atoms with E-state index < -0.39 is 0 Å². The Morgan fingerprint density at radius 3 is 2.09 bits per heavy atom. The summed E-state index contributed by atoms with van der Waals surface area (Å²) in [6.07, 6.45) is 2.18. The van der Waals surface area contributed by atoms with Crippen LogP contribution in [0, 0.1) is 17.8 Å². The Balaban J connectivity index is 2.66. The number of rotatable bonds is 1. The van der Waals surface area contributed by atoms with Gasteiger partial charge in [-0.2, -0.15) is 0 Å². The van der Waals surface area contributed by atoms with E-state index in [-0.39, 0.29) is 17.8 Å². The number of aldehydes is 1. The van der Waals surface area contributed by atoms with E-state index in [1.807, 2.05) is 13.8 Å². The van der Waals surface area contributed by atoms with E-state index >= 15 is 0 Å². The minimum Gasteiger partial charge on any atom is -0.303 e. The number of Topliss-reactive ketones (excluding diaryl/α,β-unsaturated/α-hetero) is 1. The summed E-state index contributed by atoms with van der Waals surface area (Å²) in [6.45, 7) is 3.96. The average Bonchev–Trinajstić information content (AvgIpc) is 1.85. The maximum Gasteiger partial charge on any atom is 0.133 e. The molecule has 0 aromatic heterocycles. The van der Waals surface area contributed by atoms with Crippen LogP contribution in [0.4, 0.5) is 0 Å². The van der Waals surface area contributed by atoms with Crippen LogP contribution in [0.1, 0.15) is 26.7 Å². The maximum atomic E-state index is 11.0. The molecule has 2 unspecified atom stereocenters. The van der Waals surface area contributed by atoms with Gasteiger partial charge in [-0.05, 0) is 11.8 Å². The Kier molecular flexibility index (Phi) is 2.42. The molecule has 0 aliphatic heterocycles. The van der Waals surface area contributed by atoms with Gasteiger partial charge >= 0.3 is 0 Å². The summed E-state index contributed by atoms with van der Waals surface area (Å²) in [4.78, 5) is 21.6. The fourth-order valence-corrected chi connectivity index (χ4v) is 1.90. The van der Waals surface area contributed by atoms with Crippen molar-refractivity contribution >= 4 is 12.1 Å². The first-order chi connectivity index (χ1) is 5.15. The second-order valence-corrected chi connectivity index (χ2v) is 3.61. The monoisotopic (exact) mass is 154 g/mol. The molecule has 0 heterocycles. The molecule has 1 rings (SSSR count). The van der Waals surface area contributed by atoms with Gasteiger partial charge in [0.05, 0.1) is 0 Å². The van der Waals surface area contributed by atoms with Gasteiger partial charge in [-0.15, -0.1) is 0 Å². The van der Waals surface area contributed by atoms with Gasteiger partial charge in [0.25, 0.3) is 0 Å². The Bertz CT molecular complexity index is 160. The highest BCUT2D eigenvalue weighted by Crippen LogP contribution is 2.30. The summed E-state index contributed by atoms with van der Waals surface area (Å²) < 4.78 is 0. The smallest absolute Gasteiger partial charge is 0.133 e. The van der Waals surface area contributed by atoms with Gasteiger partial charge in [0.1, 0.15) is 12.1 Å². The first kappa shape index (κ1) is 8.44. The zero-order chi connectivity index (χ0) is 8.43. The Hall–Kier alpha value is -0.660. The van der Waals surface area contributed by atoms with Crippen molar-refractivity contribution in [3.05, 3.63) is 0 Å². The fraction of sp³-hybridized carbons (Fsp3) is 0.778. The summed E-state index contributed by atoms with van der Waals surface area (Å²) in [5.41, 5.74) is 0. The quantitative estimate of drug-likeness (QED) is 0.535. The van der Waals surface area contributed by atoms with Gasteiger partial charge in [0, 0.05) is 18.8 Å². The Labute approximate surface area is 67.0 Å². The van der Waals surface area contributed by atoms with Gasteiger partial charge in [0.2, 0.25) is 0 Å². The lowest BCUT2D eigenvalue weighted by Gasteiger charge is -2.29. The molecule has 1 fully saturated rings. The molecule has 1 saturated carbocycles. The molecule has 2 atom stereocenters. The zero-order valence-corrected chi connectivity index (χ0v) is 7.04. The van der Waals surface area contributed by atoms with E-state index in [1.54, 1.807) is 0 Å². The van der Waals surface area contributed by atoms with Crippen LogP contribution in [0.25, 0.3) is 0 Å². The third-order valence-electron chi connectivity index (χ3n) is 2.57. The van der Waals surface area contributed by atoms with Crippen LogP contribution in [-0.4, -0.2) is 12.1 Å². The molecule has 11 heavy (non-hydrogen) atoms. The van der Waals surface area contributed by atoms with Gasteiger partial charge in [-0.3, -0.25) is 4.79 Å². The van der Waals surface area contributed by atoms with Crippen LogP contribution in [0.2, 0.25) is 0 Å². The van der Waals surface area contributed by atoms with Crippen molar-refractivity contribution in [1.29, 1.82) is 0 Å². The largest absolute Gasteiger partial charge is 0.303 e. The van der Waals surface area contributed by atoms with E-state index in [4.69, 9.17) is 0 Å². The van der Waals surface area contributed by atoms with Crippen molar-refractivity contribution in [3.63, 3.8) is 0 Å². The van der Waals surface area contributed by atoms with E-state index in [9.17, 15) is 9.59 Å². The molecule has 0 spiro atoms. The molecule has 0 aromatic rings. The highest BCUT2D eigenvalue weighted by molar-refractivity contribution is 5.81. The molecule has 0 aromatic carbocycles. The summed E-state index contributed by atoms with van der Waals surface area (Å²) in [6, 6.07) is 0. The van der Waals surface area contributed by atoms with Crippen molar-refractivity contribution in [1.82, 2.24) is 0 Å². The Morgan fingerprint density at radius 1 is 1.27 bits per heavy atom. The lowest BCUT2D eigenvalue weighted by molar-refractivity contribution is -0.126. The first-order valence-electron chi connectivity index (χ1n) is 4.12. The highest BCUT2D eigenvalue weighted by Gasteiger charge is 2.31. The minimum atomic E-state index is 0.104. The van der Waals surface area contributed by atoms with Crippen LogP contribution in [0.3, 0.4) is 0 Å². The molecule has 1 aliphatic rings. The number of hydrogen-bond donors (Lipinski definition) is 0. The van der Waals surface area contributed by atoms with Gasteiger partial charge in [0.15, 0.2) is 0 Å². The molecule has 2 nitrogen and oxygen atoms in total. The topological polar surface area (TPSA) is 34.1 Å². The first-order valence-corrected chi connectivity index (χ1v) is 4.12. The van der Waals surface area contributed by atoms with Crippen molar-refractivity contribution in [2.45, 2.75) is 26.7 Å². The van der Waals surface area contributed by atoms with Gasteiger partial charge in [-0.25, -0.2) is 0 Å². The zero-order valence-electron chi connectivity index (χ0n) is 7.04. The molecule has 0 radical (unpaired) electrons. The third kappa shape index (κ3) is 1.67. The molecule has 0 saturated heterocycles. The highest BCUT2D eigenvalue weighted by atomic mass is 16.1. The summed E-state index contributed by atoms with van der Waals surface area (Å²) in [7, 11) is 0. The molecule has 0 amide bonds. The molecular weight excluding hydrogens is 140 g/mol. The van der Waals surface area contributed by atoms with Crippen molar-refractivity contribution in [3.8, 4) is 0 Å². The van der Waals surface area contributed by atoms with Crippen molar-refractivity contribution in [2.75, 3.05) is 0 Å². The summed E-state index contributed by atoms with van der Waals surface area (Å²) in [5.74, 6) is 0.920. The van der Waals surface area contributed by atoms with Crippen molar-refractivity contribution < 1.29 is 9.59 Å². The molecule has 0 N–H and O–H groups in total. The minimum absolute atomic E-state index is 0.104. The molecular formula is C9H14O2. The van der Waals surface area contributed by atoms with E-state index in [0.717, 1.165) is 6.29 Å². The van der Waals surface area contributed by atoms with Crippen molar-refractivity contribution in [2.24, 2.45) is 17.8 Å². The van der Waals surface area contributed by atoms with Gasteiger partial charge < -0.3 is 4.79 Å².